The number of aliphatic carboxylic acids is 1. The number of hydrogen-bond acceptors (Lipinski definition) is 4. The summed E-state index contributed by atoms with van der Waals surface area (Å²) in [4.78, 5) is 36.6. The molecular weight excluding hydrogens is 370 g/mol. The number of carbonyl (C=O) groups excluding carboxylic acids is 2. The van der Waals surface area contributed by atoms with Crippen LogP contribution in [0, 0.1) is 0 Å². The molecule has 7 nitrogen and oxygen atoms in total. The first-order chi connectivity index (χ1) is 13.6. The summed E-state index contributed by atoms with van der Waals surface area (Å²) in [6.07, 6.45) is 3.23. The number of benzene rings is 1. The molecule has 0 radical (unpaired) electrons. The molecule has 1 aromatic carbocycles. The first-order valence-corrected chi connectivity index (χ1v) is 10.2. The van der Waals surface area contributed by atoms with E-state index in [1.165, 1.54) is 0 Å². The second-order valence-electron chi connectivity index (χ2n) is 8.33. The SMILES string of the molecule is CCCCC[C@H](NC(=O)c1ccc(C(C)(C)C)cc1)C(=O)N[C@@H](CCN)C(=O)O. The zero-order chi connectivity index (χ0) is 22.0. The van der Waals surface area contributed by atoms with Gasteiger partial charge in [0.05, 0.1) is 0 Å². The number of amides is 2. The van der Waals surface area contributed by atoms with E-state index in [1.54, 1.807) is 12.1 Å². The summed E-state index contributed by atoms with van der Waals surface area (Å²) >= 11 is 0. The Kier molecular flexibility index (Phi) is 9.81. The zero-order valence-corrected chi connectivity index (χ0v) is 18.0. The Bertz CT molecular complexity index is 680. The topological polar surface area (TPSA) is 122 Å². The maximum Gasteiger partial charge on any atom is 0.326 e. The van der Waals surface area contributed by atoms with Crippen LogP contribution in [0.25, 0.3) is 0 Å². The number of unbranched alkanes of at least 4 members (excludes halogenated alkanes) is 2. The number of hydrogen-bond donors (Lipinski definition) is 4. The van der Waals surface area contributed by atoms with Gasteiger partial charge >= 0.3 is 5.97 Å². The van der Waals surface area contributed by atoms with E-state index >= 15 is 0 Å². The Hall–Kier alpha value is -2.41. The van der Waals surface area contributed by atoms with Gasteiger partial charge in [-0.3, -0.25) is 9.59 Å². The molecule has 2 atom stereocenters. The van der Waals surface area contributed by atoms with Crippen LogP contribution in [0.1, 0.15) is 75.7 Å². The van der Waals surface area contributed by atoms with Gasteiger partial charge in [-0.2, -0.15) is 0 Å². The maximum absolute atomic E-state index is 12.7. The largest absolute Gasteiger partial charge is 0.480 e. The molecule has 0 bridgehead atoms. The van der Waals surface area contributed by atoms with Crippen molar-refractivity contribution in [2.75, 3.05) is 6.54 Å². The molecule has 0 aliphatic rings. The Labute approximate surface area is 173 Å². The predicted molar refractivity (Wildman–Crippen MR) is 114 cm³/mol. The van der Waals surface area contributed by atoms with E-state index in [0.29, 0.717) is 12.0 Å². The number of rotatable bonds is 11. The summed E-state index contributed by atoms with van der Waals surface area (Å²) in [5.41, 5.74) is 6.98. The van der Waals surface area contributed by atoms with E-state index in [1.807, 2.05) is 19.1 Å². The van der Waals surface area contributed by atoms with Crippen molar-refractivity contribution < 1.29 is 19.5 Å². The van der Waals surface area contributed by atoms with E-state index in [-0.39, 0.29) is 24.3 Å². The first kappa shape index (κ1) is 24.6. The lowest BCUT2D eigenvalue weighted by Crippen LogP contribution is -2.52. The lowest BCUT2D eigenvalue weighted by molar-refractivity contribution is -0.142. The molecule has 2 amide bonds. The third-order valence-electron chi connectivity index (χ3n) is 4.80. The highest BCUT2D eigenvalue weighted by Crippen LogP contribution is 2.22. The van der Waals surface area contributed by atoms with Gasteiger partial charge in [0, 0.05) is 5.56 Å². The molecular formula is C22H35N3O4. The highest BCUT2D eigenvalue weighted by molar-refractivity contribution is 5.98. The molecule has 29 heavy (non-hydrogen) atoms. The summed E-state index contributed by atoms with van der Waals surface area (Å²) in [6.45, 7) is 8.47. The molecule has 0 aliphatic carbocycles. The van der Waals surface area contributed by atoms with Crippen LogP contribution in [-0.4, -0.2) is 41.5 Å². The fourth-order valence-corrected chi connectivity index (χ4v) is 2.93. The van der Waals surface area contributed by atoms with Crippen LogP contribution >= 0.6 is 0 Å². The van der Waals surface area contributed by atoms with Gasteiger partial charge < -0.3 is 21.5 Å². The number of carboxylic acid groups (broad SMARTS) is 1. The minimum Gasteiger partial charge on any atom is -0.480 e. The molecule has 162 valence electrons. The van der Waals surface area contributed by atoms with E-state index in [0.717, 1.165) is 24.8 Å². The molecule has 7 heteroatoms. The summed E-state index contributed by atoms with van der Waals surface area (Å²) in [7, 11) is 0. The molecule has 1 aromatic rings. The molecule has 5 N–H and O–H groups in total. The predicted octanol–water partition coefficient (Wildman–Crippen LogP) is 2.58. The normalized spacial score (nSPS) is 13.4. The van der Waals surface area contributed by atoms with Gasteiger partial charge in [0.1, 0.15) is 12.1 Å². The van der Waals surface area contributed by atoms with Gasteiger partial charge in [-0.1, -0.05) is 59.1 Å². The van der Waals surface area contributed by atoms with E-state index in [2.05, 4.69) is 31.4 Å². The van der Waals surface area contributed by atoms with Gasteiger partial charge in [0.15, 0.2) is 0 Å². The molecule has 0 spiro atoms. The Morgan fingerprint density at radius 1 is 1.00 bits per heavy atom. The van der Waals surface area contributed by atoms with Crippen molar-refractivity contribution in [1.29, 1.82) is 0 Å². The van der Waals surface area contributed by atoms with Crippen LogP contribution in [0.3, 0.4) is 0 Å². The molecule has 0 fully saturated rings. The fourth-order valence-electron chi connectivity index (χ4n) is 2.93. The minimum absolute atomic E-state index is 0.0214. The third-order valence-corrected chi connectivity index (χ3v) is 4.80. The second-order valence-corrected chi connectivity index (χ2v) is 8.33. The summed E-state index contributed by atoms with van der Waals surface area (Å²) in [5.74, 6) is -1.99. The van der Waals surface area contributed by atoms with Crippen LogP contribution in [0.15, 0.2) is 24.3 Å². The van der Waals surface area contributed by atoms with Crippen LogP contribution in [0.2, 0.25) is 0 Å². The smallest absolute Gasteiger partial charge is 0.326 e. The molecule has 0 unspecified atom stereocenters. The minimum atomic E-state index is -1.14. The first-order valence-electron chi connectivity index (χ1n) is 10.2. The standard InChI is InChI=1S/C22H35N3O4/c1-5-6-7-8-17(20(27)25-18(13-14-23)21(28)29)24-19(26)15-9-11-16(12-10-15)22(2,3)4/h9-12,17-18H,5-8,13-14,23H2,1-4H3,(H,24,26)(H,25,27)(H,28,29)/t17-,18-/m0/s1. The van der Waals surface area contributed by atoms with E-state index in [4.69, 9.17) is 5.73 Å². The van der Waals surface area contributed by atoms with Gasteiger partial charge in [-0.05, 0) is 42.5 Å². The highest BCUT2D eigenvalue weighted by Gasteiger charge is 2.26. The van der Waals surface area contributed by atoms with Crippen molar-refractivity contribution in [3.05, 3.63) is 35.4 Å². The zero-order valence-electron chi connectivity index (χ0n) is 18.0. The van der Waals surface area contributed by atoms with Crippen molar-refractivity contribution >= 4 is 17.8 Å². The molecule has 1 rings (SSSR count). The van der Waals surface area contributed by atoms with Crippen LogP contribution in [0.5, 0.6) is 0 Å². The number of nitrogens with two attached hydrogens (primary N) is 1. The van der Waals surface area contributed by atoms with Crippen molar-refractivity contribution in [2.45, 2.75) is 77.3 Å². The van der Waals surface area contributed by atoms with E-state index in [9.17, 15) is 19.5 Å². The fraction of sp³-hybridized carbons (Fsp3) is 0.591. The summed E-state index contributed by atoms with van der Waals surface area (Å²) in [5, 5.41) is 14.5. The summed E-state index contributed by atoms with van der Waals surface area (Å²) in [6, 6.07) is 5.43. The summed E-state index contributed by atoms with van der Waals surface area (Å²) < 4.78 is 0. The highest BCUT2D eigenvalue weighted by atomic mass is 16.4. The Morgan fingerprint density at radius 2 is 1.62 bits per heavy atom. The van der Waals surface area contributed by atoms with Crippen LogP contribution < -0.4 is 16.4 Å². The molecule has 0 aromatic heterocycles. The lowest BCUT2D eigenvalue weighted by Gasteiger charge is -2.22. The van der Waals surface area contributed by atoms with Gasteiger partial charge in [0.2, 0.25) is 5.91 Å². The average molecular weight is 406 g/mol. The number of carbonyl (C=O) groups is 3. The van der Waals surface area contributed by atoms with Crippen LogP contribution in [-0.2, 0) is 15.0 Å². The second kappa shape index (κ2) is 11.6. The maximum atomic E-state index is 12.7. The van der Waals surface area contributed by atoms with Crippen molar-refractivity contribution in [3.8, 4) is 0 Å². The molecule has 0 aliphatic heterocycles. The number of carboxylic acids is 1. The Morgan fingerprint density at radius 3 is 2.10 bits per heavy atom. The monoisotopic (exact) mass is 405 g/mol. The number of nitrogens with one attached hydrogen (secondary N) is 2. The van der Waals surface area contributed by atoms with Gasteiger partial charge in [-0.15, -0.1) is 0 Å². The Balaban J connectivity index is 2.89. The van der Waals surface area contributed by atoms with E-state index < -0.39 is 24.0 Å². The van der Waals surface area contributed by atoms with Crippen LogP contribution in [0.4, 0.5) is 0 Å². The van der Waals surface area contributed by atoms with Crippen molar-refractivity contribution in [1.82, 2.24) is 10.6 Å². The quantitative estimate of drug-likeness (QED) is 0.422. The third kappa shape index (κ3) is 8.23. The molecule has 0 heterocycles. The van der Waals surface area contributed by atoms with Gasteiger partial charge in [-0.25, -0.2) is 4.79 Å². The average Bonchev–Trinajstić information content (AvgIpc) is 2.66. The van der Waals surface area contributed by atoms with Crippen molar-refractivity contribution in [3.63, 3.8) is 0 Å². The molecule has 0 saturated heterocycles. The molecule has 0 saturated carbocycles. The lowest BCUT2D eigenvalue weighted by atomic mass is 9.86. The van der Waals surface area contributed by atoms with Crippen molar-refractivity contribution in [2.24, 2.45) is 5.73 Å². The van der Waals surface area contributed by atoms with Gasteiger partial charge in [0.25, 0.3) is 5.91 Å².